The minimum atomic E-state index is 0.599. The van der Waals surface area contributed by atoms with Crippen LogP contribution in [0.4, 0.5) is 0 Å². The summed E-state index contributed by atoms with van der Waals surface area (Å²) in [6.07, 6.45) is 0. The molecule has 0 aliphatic heterocycles. The standard InChI is InChI=1S/C11H20N4OS/c1-3-15(9-10-5-4-8-17-10)11(14-12)13-6-7-16-2/h4-5,8H,3,6-7,9,12H2,1-2H3,(H,13,14). The van der Waals surface area contributed by atoms with E-state index < -0.39 is 0 Å². The number of aliphatic imine (C=N–C) groups is 1. The topological polar surface area (TPSA) is 62.9 Å². The van der Waals surface area contributed by atoms with Gasteiger partial charge in [0.05, 0.1) is 19.7 Å². The lowest BCUT2D eigenvalue weighted by molar-refractivity contribution is 0.207. The molecule has 1 rings (SSSR count). The van der Waals surface area contributed by atoms with Gasteiger partial charge in [-0.25, -0.2) is 10.8 Å². The number of hydrogen-bond acceptors (Lipinski definition) is 4. The predicted octanol–water partition coefficient (Wildman–Crippen LogP) is 1.04. The lowest BCUT2D eigenvalue weighted by Gasteiger charge is -2.23. The summed E-state index contributed by atoms with van der Waals surface area (Å²) in [4.78, 5) is 7.76. The second-order valence-corrected chi connectivity index (χ2v) is 4.47. The summed E-state index contributed by atoms with van der Waals surface area (Å²) in [5.41, 5.74) is 2.65. The van der Waals surface area contributed by atoms with Crippen molar-refractivity contribution >= 4 is 17.3 Å². The van der Waals surface area contributed by atoms with E-state index in [9.17, 15) is 0 Å². The van der Waals surface area contributed by atoms with Crippen LogP contribution in [0.1, 0.15) is 11.8 Å². The number of nitrogens with two attached hydrogens (primary N) is 1. The van der Waals surface area contributed by atoms with Crippen LogP contribution < -0.4 is 11.3 Å². The van der Waals surface area contributed by atoms with Crippen molar-refractivity contribution in [1.82, 2.24) is 10.3 Å². The number of rotatable bonds is 6. The van der Waals surface area contributed by atoms with Crippen LogP contribution in [0.5, 0.6) is 0 Å². The molecule has 3 N–H and O–H groups in total. The molecule has 0 aliphatic carbocycles. The first-order valence-electron chi connectivity index (χ1n) is 5.59. The molecule has 0 aliphatic rings. The van der Waals surface area contributed by atoms with Crippen molar-refractivity contribution in [2.24, 2.45) is 10.8 Å². The fourth-order valence-corrected chi connectivity index (χ4v) is 2.13. The molecule has 1 heterocycles. The molecule has 0 amide bonds. The lowest BCUT2D eigenvalue weighted by Crippen LogP contribution is -2.44. The van der Waals surface area contributed by atoms with Gasteiger partial charge < -0.3 is 9.64 Å². The maximum atomic E-state index is 5.50. The lowest BCUT2D eigenvalue weighted by atomic mass is 10.4. The second kappa shape index (κ2) is 8.05. The van der Waals surface area contributed by atoms with Crippen LogP contribution in [-0.4, -0.2) is 37.7 Å². The van der Waals surface area contributed by atoms with E-state index >= 15 is 0 Å². The van der Waals surface area contributed by atoms with Crippen molar-refractivity contribution in [2.45, 2.75) is 13.5 Å². The van der Waals surface area contributed by atoms with Gasteiger partial charge in [0, 0.05) is 18.5 Å². The van der Waals surface area contributed by atoms with Gasteiger partial charge in [-0.05, 0) is 18.4 Å². The van der Waals surface area contributed by atoms with Crippen LogP contribution in [0.3, 0.4) is 0 Å². The monoisotopic (exact) mass is 256 g/mol. The van der Waals surface area contributed by atoms with Crippen molar-refractivity contribution in [1.29, 1.82) is 0 Å². The summed E-state index contributed by atoms with van der Waals surface area (Å²) in [6.45, 7) is 4.97. The molecule has 0 unspecified atom stereocenters. The minimum Gasteiger partial charge on any atom is -0.383 e. The number of ether oxygens (including phenoxy) is 1. The molecule has 0 radical (unpaired) electrons. The molecule has 0 fully saturated rings. The smallest absolute Gasteiger partial charge is 0.208 e. The molecule has 1 aromatic rings. The van der Waals surface area contributed by atoms with Crippen molar-refractivity contribution in [3.63, 3.8) is 0 Å². The van der Waals surface area contributed by atoms with Gasteiger partial charge in [0.25, 0.3) is 0 Å². The molecule has 0 bridgehead atoms. The molecule has 5 nitrogen and oxygen atoms in total. The van der Waals surface area contributed by atoms with E-state index in [0.29, 0.717) is 19.1 Å². The molecule has 0 spiro atoms. The average Bonchev–Trinajstić information content (AvgIpc) is 2.85. The molecule has 0 atom stereocenters. The molecule has 96 valence electrons. The highest BCUT2D eigenvalue weighted by Gasteiger charge is 2.09. The van der Waals surface area contributed by atoms with E-state index in [1.54, 1.807) is 18.4 Å². The summed E-state index contributed by atoms with van der Waals surface area (Å²) >= 11 is 1.73. The second-order valence-electron chi connectivity index (χ2n) is 3.44. The Kier molecular flexibility index (Phi) is 6.61. The number of guanidine groups is 1. The number of nitrogens with zero attached hydrogens (tertiary/aromatic N) is 2. The summed E-state index contributed by atoms with van der Waals surface area (Å²) in [6, 6.07) is 4.15. The van der Waals surface area contributed by atoms with Crippen LogP contribution in [0.15, 0.2) is 22.5 Å². The third kappa shape index (κ3) is 4.72. The van der Waals surface area contributed by atoms with Crippen molar-refractivity contribution in [2.75, 3.05) is 26.8 Å². The van der Waals surface area contributed by atoms with Gasteiger partial charge >= 0.3 is 0 Å². The highest BCUT2D eigenvalue weighted by molar-refractivity contribution is 7.09. The van der Waals surface area contributed by atoms with Crippen molar-refractivity contribution in [3.8, 4) is 0 Å². The number of thiophene rings is 1. The molecule has 17 heavy (non-hydrogen) atoms. The molecule has 0 saturated heterocycles. The Morgan fingerprint density at radius 1 is 1.65 bits per heavy atom. The Hall–Kier alpha value is -1.11. The van der Waals surface area contributed by atoms with Gasteiger partial charge in [0.1, 0.15) is 0 Å². The SMILES string of the molecule is CCN(Cc1cccs1)C(=NCCOC)NN. The van der Waals surface area contributed by atoms with Gasteiger partial charge in [-0.1, -0.05) is 6.07 Å². The Bertz CT molecular complexity index is 326. The van der Waals surface area contributed by atoms with Gasteiger partial charge in [0.15, 0.2) is 0 Å². The third-order valence-electron chi connectivity index (χ3n) is 2.29. The zero-order valence-corrected chi connectivity index (χ0v) is 11.2. The average molecular weight is 256 g/mol. The summed E-state index contributed by atoms with van der Waals surface area (Å²) in [5, 5.41) is 2.07. The summed E-state index contributed by atoms with van der Waals surface area (Å²) in [7, 11) is 1.66. The highest BCUT2D eigenvalue weighted by Crippen LogP contribution is 2.11. The largest absolute Gasteiger partial charge is 0.383 e. The number of nitrogens with one attached hydrogen (secondary N) is 1. The fourth-order valence-electron chi connectivity index (χ4n) is 1.41. The molecular weight excluding hydrogens is 236 g/mol. The third-order valence-corrected chi connectivity index (χ3v) is 3.16. The van der Waals surface area contributed by atoms with Crippen LogP contribution in [0.2, 0.25) is 0 Å². The first-order chi connectivity index (χ1) is 8.31. The Labute approximate surface area is 106 Å². The van der Waals surface area contributed by atoms with Crippen LogP contribution >= 0.6 is 11.3 Å². The Morgan fingerprint density at radius 3 is 3.00 bits per heavy atom. The molecule has 0 aromatic carbocycles. The Balaban J connectivity index is 2.59. The van der Waals surface area contributed by atoms with Crippen molar-refractivity contribution in [3.05, 3.63) is 22.4 Å². The fraction of sp³-hybridized carbons (Fsp3) is 0.545. The van der Waals surface area contributed by atoms with Gasteiger partial charge in [-0.15, -0.1) is 11.3 Å². The van der Waals surface area contributed by atoms with Gasteiger partial charge in [0.2, 0.25) is 5.96 Å². The van der Waals surface area contributed by atoms with E-state index in [4.69, 9.17) is 10.6 Å². The molecule has 0 saturated carbocycles. The van der Waals surface area contributed by atoms with Crippen LogP contribution in [0, 0.1) is 0 Å². The first kappa shape index (κ1) is 14.0. The van der Waals surface area contributed by atoms with Crippen LogP contribution in [0.25, 0.3) is 0 Å². The first-order valence-corrected chi connectivity index (χ1v) is 6.47. The maximum absolute atomic E-state index is 5.50. The number of methoxy groups -OCH3 is 1. The van der Waals surface area contributed by atoms with E-state index in [1.165, 1.54) is 4.88 Å². The van der Waals surface area contributed by atoms with Crippen molar-refractivity contribution < 1.29 is 4.74 Å². The van der Waals surface area contributed by atoms with Gasteiger partial charge in [-0.2, -0.15) is 0 Å². The van der Waals surface area contributed by atoms with E-state index in [1.807, 2.05) is 6.07 Å². The van der Waals surface area contributed by atoms with Gasteiger partial charge in [-0.3, -0.25) is 5.43 Å². The number of hydrogen-bond donors (Lipinski definition) is 2. The zero-order valence-electron chi connectivity index (χ0n) is 10.3. The summed E-state index contributed by atoms with van der Waals surface area (Å²) in [5.74, 6) is 6.21. The van der Waals surface area contributed by atoms with E-state index in [0.717, 1.165) is 13.1 Å². The predicted molar refractivity (Wildman–Crippen MR) is 71.9 cm³/mol. The normalized spacial score (nSPS) is 11.6. The minimum absolute atomic E-state index is 0.599. The van der Waals surface area contributed by atoms with Crippen LogP contribution in [-0.2, 0) is 11.3 Å². The molecular formula is C11H20N4OS. The maximum Gasteiger partial charge on any atom is 0.208 e. The molecule has 1 aromatic heterocycles. The summed E-state index contributed by atoms with van der Waals surface area (Å²) < 4.78 is 4.96. The zero-order chi connectivity index (χ0) is 12.5. The van der Waals surface area contributed by atoms with E-state index in [2.05, 4.69) is 33.7 Å². The van der Waals surface area contributed by atoms with E-state index in [-0.39, 0.29) is 0 Å². The molecule has 6 heteroatoms. The highest BCUT2D eigenvalue weighted by atomic mass is 32.1. The Morgan fingerprint density at radius 2 is 2.47 bits per heavy atom. The quantitative estimate of drug-likeness (QED) is 0.262. The number of hydrazine groups is 1.